The molecule has 3 aliphatic rings. The van der Waals surface area contributed by atoms with Gasteiger partial charge in [-0.25, -0.2) is 0 Å². The second-order valence-electron chi connectivity index (χ2n) is 15.7. The number of hydrogen-bond donors (Lipinski definition) is 3. The number of nitrogens with zero attached hydrogens (tertiary/aromatic N) is 3. The van der Waals surface area contributed by atoms with Crippen molar-refractivity contribution in [3.05, 3.63) is 0 Å². The van der Waals surface area contributed by atoms with E-state index in [-0.39, 0.29) is 18.3 Å². The smallest absolute Gasteiger partial charge is 0.313 e. The SMILES string of the molecule is CC1(C)CC(OP(=S)(OC2CC(C)(C)N(O)C(C)(C)C2)OC2CC(C)(C)N(O)C(C)(C)C2)CC(C)(C)N1O. The first kappa shape index (κ1) is 32.8. The van der Waals surface area contributed by atoms with Crippen molar-refractivity contribution in [3.63, 3.8) is 0 Å². The summed E-state index contributed by atoms with van der Waals surface area (Å²) in [6.45, 7) is 20.7. The van der Waals surface area contributed by atoms with Gasteiger partial charge in [-0.15, -0.1) is 0 Å². The molecule has 38 heavy (non-hydrogen) atoms. The van der Waals surface area contributed by atoms with Crippen LogP contribution in [0.3, 0.4) is 0 Å². The van der Waals surface area contributed by atoms with Crippen molar-refractivity contribution in [1.82, 2.24) is 15.2 Å². The van der Waals surface area contributed by atoms with Crippen molar-refractivity contribution >= 4 is 18.5 Å². The molecule has 0 aromatic heterocycles. The first-order chi connectivity index (χ1) is 16.8. The van der Waals surface area contributed by atoms with Crippen molar-refractivity contribution in [1.29, 1.82) is 0 Å². The first-order valence-electron chi connectivity index (χ1n) is 13.9. The maximum absolute atomic E-state index is 10.8. The molecule has 0 aliphatic carbocycles. The molecule has 0 radical (unpaired) electrons. The maximum atomic E-state index is 10.8. The topological polar surface area (TPSA) is 98.1 Å². The van der Waals surface area contributed by atoms with E-state index in [1.54, 1.807) is 0 Å². The van der Waals surface area contributed by atoms with Crippen LogP contribution in [0.4, 0.5) is 0 Å². The highest BCUT2D eigenvalue weighted by Gasteiger charge is 2.52. The zero-order chi connectivity index (χ0) is 29.3. The van der Waals surface area contributed by atoms with Crippen LogP contribution in [-0.4, -0.2) is 82.4 Å². The van der Waals surface area contributed by atoms with Gasteiger partial charge in [0, 0.05) is 33.2 Å². The summed E-state index contributed by atoms with van der Waals surface area (Å²) in [5.74, 6) is 0. The molecule has 3 heterocycles. The van der Waals surface area contributed by atoms with Gasteiger partial charge in [0.2, 0.25) is 0 Å². The Bertz CT molecular complexity index is 756. The number of hydroxylamine groups is 6. The predicted octanol–water partition coefficient (Wildman–Crippen LogP) is 6.49. The van der Waals surface area contributed by atoms with Crippen LogP contribution in [0, 0.1) is 0 Å². The summed E-state index contributed by atoms with van der Waals surface area (Å²) in [5.41, 5.74) is -3.05. The Morgan fingerprint density at radius 3 is 0.789 bits per heavy atom. The zero-order valence-electron chi connectivity index (χ0n) is 25.7. The third-order valence-electron chi connectivity index (χ3n) is 8.64. The molecule has 0 bridgehead atoms. The van der Waals surface area contributed by atoms with Crippen molar-refractivity contribution < 1.29 is 29.2 Å². The summed E-state index contributed by atoms with van der Waals surface area (Å²) < 4.78 is 20.2. The van der Waals surface area contributed by atoms with Gasteiger partial charge in [0.1, 0.15) is 0 Å². The highest BCUT2D eigenvalue weighted by Crippen LogP contribution is 2.59. The van der Waals surface area contributed by atoms with Crippen molar-refractivity contribution in [3.8, 4) is 0 Å². The summed E-state index contributed by atoms with van der Waals surface area (Å²) in [6, 6.07) is 0. The molecule has 9 nitrogen and oxygen atoms in total. The molecular formula is C27H54N3O6PS. The molecule has 0 atom stereocenters. The van der Waals surface area contributed by atoms with Crippen molar-refractivity contribution in [2.75, 3.05) is 0 Å². The molecule has 0 aromatic carbocycles. The highest BCUT2D eigenvalue weighted by molar-refractivity contribution is 8.07. The largest absolute Gasteiger partial charge is 0.327 e. The van der Waals surface area contributed by atoms with E-state index in [9.17, 15) is 15.6 Å². The standard InChI is InChI=1S/C27H54N3O6PS/c1-22(2)13-19(14-23(3,4)28(22)31)34-37(38,35-20-15-24(5,6)29(32)25(7,8)16-20)36-21-17-26(9,10)30(33)27(11,12)18-21/h19-21,31-33H,13-18H2,1-12H3. The molecule has 0 spiro atoms. The van der Waals surface area contributed by atoms with Crippen molar-refractivity contribution in [2.24, 2.45) is 0 Å². The van der Waals surface area contributed by atoms with Crippen LogP contribution in [0.15, 0.2) is 0 Å². The minimum Gasteiger partial charge on any atom is -0.313 e. The maximum Gasteiger partial charge on any atom is 0.327 e. The van der Waals surface area contributed by atoms with Crippen LogP contribution in [-0.2, 0) is 25.4 Å². The quantitative estimate of drug-likeness (QED) is 0.303. The van der Waals surface area contributed by atoms with E-state index in [0.717, 1.165) is 0 Å². The van der Waals surface area contributed by atoms with E-state index in [2.05, 4.69) is 0 Å². The summed E-state index contributed by atoms with van der Waals surface area (Å²) >= 11 is 6.20. The second kappa shape index (κ2) is 10.2. The van der Waals surface area contributed by atoms with Crippen LogP contribution < -0.4 is 0 Å². The highest BCUT2D eigenvalue weighted by atomic mass is 32.5. The van der Waals surface area contributed by atoms with Gasteiger partial charge in [-0.1, -0.05) is 0 Å². The summed E-state index contributed by atoms with van der Waals surface area (Å²) in [4.78, 5) is 0. The Morgan fingerprint density at radius 2 is 0.632 bits per heavy atom. The lowest BCUT2D eigenvalue weighted by Crippen LogP contribution is -2.61. The van der Waals surface area contributed by atoms with Gasteiger partial charge in [-0.05, 0) is 133 Å². The van der Waals surface area contributed by atoms with E-state index in [1.165, 1.54) is 15.2 Å². The van der Waals surface area contributed by atoms with E-state index in [4.69, 9.17) is 25.4 Å². The third-order valence-corrected chi connectivity index (χ3v) is 11.1. The summed E-state index contributed by atoms with van der Waals surface area (Å²) in [6.07, 6.45) is 2.71. The van der Waals surface area contributed by atoms with Gasteiger partial charge in [0.15, 0.2) is 0 Å². The average Bonchev–Trinajstić information content (AvgIpc) is 2.66. The molecule has 11 heteroatoms. The van der Waals surface area contributed by atoms with Crippen LogP contribution in [0.25, 0.3) is 0 Å². The van der Waals surface area contributed by atoms with Gasteiger partial charge in [-0.2, -0.15) is 15.2 Å². The molecule has 0 unspecified atom stereocenters. The molecule has 3 aliphatic heterocycles. The fourth-order valence-corrected chi connectivity index (χ4v) is 10.2. The Labute approximate surface area is 235 Å². The van der Waals surface area contributed by atoms with Gasteiger partial charge in [-0.3, -0.25) is 0 Å². The molecule has 0 saturated carbocycles. The molecule has 3 saturated heterocycles. The van der Waals surface area contributed by atoms with E-state index < -0.39 is 40.0 Å². The monoisotopic (exact) mass is 579 g/mol. The predicted molar refractivity (Wildman–Crippen MR) is 152 cm³/mol. The number of piperidine rings is 3. The molecule has 0 amide bonds. The van der Waals surface area contributed by atoms with Gasteiger partial charge >= 0.3 is 6.72 Å². The van der Waals surface area contributed by atoms with E-state index in [1.807, 2.05) is 83.1 Å². The van der Waals surface area contributed by atoms with Gasteiger partial charge in [0.05, 0.1) is 18.3 Å². The molecule has 0 aromatic rings. The fourth-order valence-electron chi connectivity index (χ4n) is 7.38. The van der Waals surface area contributed by atoms with E-state index in [0.29, 0.717) is 38.5 Å². The average molecular weight is 580 g/mol. The minimum atomic E-state index is -3.29. The summed E-state index contributed by atoms with van der Waals surface area (Å²) in [7, 11) is 0. The van der Waals surface area contributed by atoms with Crippen LogP contribution >= 0.6 is 6.72 Å². The van der Waals surface area contributed by atoms with Gasteiger partial charge < -0.3 is 29.2 Å². The molecule has 3 fully saturated rings. The lowest BCUT2D eigenvalue weighted by atomic mass is 9.80. The first-order valence-corrected chi connectivity index (χ1v) is 16.5. The van der Waals surface area contributed by atoms with Crippen molar-refractivity contribution in [2.45, 2.75) is 173 Å². The lowest BCUT2D eigenvalue weighted by Gasteiger charge is -2.54. The van der Waals surface area contributed by atoms with Crippen LogP contribution in [0.5, 0.6) is 0 Å². The Kier molecular flexibility index (Phi) is 8.83. The lowest BCUT2D eigenvalue weighted by molar-refractivity contribution is -0.262. The Hall–Kier alpha value is 0.290. The Balaban J connectivity index is 1.92. The molecular weight excluding hydrogens is 525 g/mol. The molecule has 3 rings (SSSR count). The Morgan fingerprint density at radius 1 is 0.474 bits per heavy atom. The summed E-state index contributed by atoms with van der Waals surface area (Å²) in [5, 5.41) is 36.8. The number of hydrogen-bond acceptors (Lipinski definition) is 10. The van der Waals surface area contributed by atoms with E-state index >= 15 is 0 Å². The number of rotatable bonds is 6. The third kappa shape index (κ3) is 6.84. The normalized spacial score (nSPS) is 30.9. The molecule has 3 N–H and O–H groups in total. The fraction of sp³-hybridized carbons (Fsp3) is 1.00. The van der Waals surface area contributed by atoms with Crippen LogP contribution in [0.2, 0.25) is 0 Å². The zero-order valence-corrected chi connectivity index (χ0v) is 27.4. The van der Waals surface area contributed by atoms with Crippen LogP contribution in [0.1, 0.15) is 122 Å². The van der Waals surface area contributed by atoms with Gasteiger partial charge in [0.25, 0.3) is 0 Å². The second-order valence-corrected chi connectivity index (χ2v) is 18.5. The molecule has 224 valence electrons. The minimum absolute atomic E-state index is 0.257.